The van der Waals surface area contributed by atoms with E-state index in [1.807, 2.05) is 6.07 Å². The molecule has 7 nitrogen and oxygen atoms in total. The second-order valence-corrected chi connectivity index (χ2v) is 5.62. The predicted octanol–water partition coefficient (Wildman–Crippen LogP) is 1.48. The number of nitrogens with one attached hydrogen (secondary N) is 1. The van der Waals surface area contributed by atoms with E-state index in [0.717, 1.165) is 0 Å². The first-order valence-electron chi connectivity index (χ1n) is 8.03. The van der Waals surface area contributed by atoms with Gasteiger partial charge in [-0.25, -0.2) is 0 Å². The normalized spacial score (nSPS) is 15.2. The van der Waals surface area contributed by atoms with Crippen LogP contribution in [-0.4, -0.2) is 38.1 Å². The molecule has 0 spiro atoms. The number of para-hydroxylation sites is 2. The summed E-state index contributed by atoms with van der Waals surface area (Å²) in [6.45, 7) is -0.0903. The van der Waals surface area contributed by atoms with Crippen LogP contribution in [0, 0.1) is 11.3 Å². The summed E-state index contributed by atoms with van der Waals surface area (Å²) in [6.07, 6.45) is -0.784. The van der Waals surface area contributed by atoms with E-state index in [9.17, 15) is 9.59 Å². The lowest BCUT2D eigenvalue weighted by Crippen LogP contribution is -2.51. The molecule has 1 heterocycles. The van der Waals surface area contributed by atoms with Crippen LogP contribution in [0.2, 0.25) is 0 Å². The van der Waals surface area contributed by atoms with Gasteiger partial charge in [0.15, 0.2) is 12.7 Å². The van der Waals surface area contributed by atoms with Crippen molar-refractivity contribution in [3.05, 3.63) is 54.1 Å². The first-order chi connectivity index (χ1) is 12.6. The van der Waals surface area contributed by atoms with E-state index in [1.165, 1.54) is 11.9 Å². The maximum atomic E-state index is 12.7. The Hall–Kier alpha value is -3.53. The number of fused-ring (bicyclic) bond motifs is 1. The van der Waals surface area contributed by atoms with Gasteiger partial charge >= 0.3 is 0 Å². The molecule has 1 atom stereocenters. The van der Waals surface area contributed by atoms with Crippen molar-refractivity contribution in [3.8, 4) is 17.6 Å². The third-order valence-corrected chi connectivity index (χ3v) is 3.96. The summed E-state index contributed by atoms with van der Waals surface area (Å²) in [5, 5.41) is 11.3. The maximum absolute atomic E-state index is 12.7. The molecule has 2 aromatic rings. The molecule has 0 fully saturated rings. The van der Waals surface area contributed by atoms with Crippen LogP contribution in [0.4, 0.5) is 5.69 Å². The number of nitrogens with zero attached hydrogens (tertiary/aromatic N) is 2. The molecule has 0 aromatic heterocycles. The van der Waals surface area contributed by atoms with E-state index in [1.54, 1.807) is 48.5 Å². The molecule has 0 radical (unpaired) electrons. The fourth-order valence-electron chi connectivity index (χ4n) is 2.62. The van der Waals surface area contributed by atoms with Crippen LogP contribution in [0.1, 0.15) is 5.56 Å². The third kappa shape index (κ3) is 3.59. The van der Waals surface area contributed by atoms with Gasteiger partial charge in [0, 0.05) is 7.05 Å². The summed E-state index contributed by atoms with van der Waals surface area (Å²) < 4.78 is 11.2. The molecule has 0 bridgehead atoms. The number of benzene rings is 2. The van der Waals surface area contributed by atoms with Crippen molar-refractivity contribution in [1.82, 2.24) is 5.32 Å². The first-order valence-corrected chi connectivity index (χ1v) is 8.03. The first kappa shape index (κ1) is 17.3. The minimum absolute atomic E-state index is 0.103. The van der Waals surface area contributed by atoms with Crippen LogP contribution in [0.15, 0.2) is 48.5 Å². The van der Waals surface area contributed by atoms with E-state index in [-0.39, 0.29) is 25.0 Å². The molecular formula is C19H17N3O4. The Balaban J connectivity index is 1.74. The van der Waals surface area contributed by atoms with E-state index >= 15 is 0 Å². The molecule has 0 saturated carbocycles. The molecule has 2 aromatic carbocycles. The Morgan fingerprint density at radius 2 is 2.00 bits per heavy atom. The van der Waals surface area contributed by atoms with Gasteiger partial charge in [-0.1, -0.05) is 12.1 Å². The third-order valence-electron chi connectivity index (χ3n) is 3.96. The van der Waals surface area contributed by atoms with Crippen molar-refractivity contribution in [2.24, 2.45) is 0 Å². The highest BCUT2D eigenvalue weighted by atomic mass is 16.5. The summed E-state index contributed by atoms with van der Waals surface area (Å²) in [7, 11) is 1.52. The van der Waals surface area contributed by atoms with Gasteiger partial charge in [0.25, 0.3) is 11.8 Å². The van der Waals surface area contributed by atoms with Gasteiger partial charge in [-0.2, -0.15) is 5.26 Å². The number of amides is 2. The van der Waals surface area contributed by atoms with Crippen LogP contribution in [0.5, 0.6) is 11.5 Å². The van der Waals surface area contributed by atoms with Crippen molar-refractivity contribution >= 4 is 17.5 Å². The predicted molar refractivity (Wildman–Crippen MR) is 93.9 cm³/mol. The lowest BCUT2D eigenvalue weighted by Gasteiger charge is -2.33. The minimum atomic E-state index is -0.784. The van der Waals surface area contributed by atoms with Gasteiger partial charge in [0.2, 0.25) is 0 Å². The summed E-state index contributed by atoms with van der Waals surface area (Å²) in [5.41, 5.74) is 1.11. The Labute approximate surface area is 150 Å². The fourth-order valence-corrected chi connectivity index (χ4v) is 2.62. The Morgan fingerprint density at radius 1 is 1.27 bits per heavy atom. The molecule has 1 aliphatic rings. The monoisotopic (exact) mass is 351 g/mol. The molecule has 2 amide bonds. The number of hydrogen-bond acceptors (Lipinski definition) is 5. The van der Waals surface area contributed by atoms with E-state index < -0.39 is 6.10 Å². The van der Waals surface area contributed by atoms with Crippen LogP contribution in [0.3, 0.4) is 0 Å². The van der Waals surface area contributed by atoms with Gasteiger partial charge in [-0.15, -0.1) is 0 Å². The topological polar surface area (TPSA) is 91.7 Å². The Bertz CT molecular complexity index is 858. The maximum Gasteiger partial charge on any atom is 0.265 e. The number of rotatable bonds is 4. The van der Waals surface area contributed by atoms with Gasteiger partial charge in [0.05, 0.1) is 23.9 Å². The molecular weight excluding hydrogens is 334 g/mol. The molecule has 7 heteroatoms. The standard InChI is InChI=1S/C19H17N3O4/c1-21-19(24)17-11-22(15-4-2-3-5-16(15)26-17)18(23)12-25-14-8-6-13(10-20)7-9-14/h2-9,17H,11-12H2,1H3,(H,21,24). The van der Waals surface area contributed by atoms with Gasteiger partial charge in [-0.05, 0) is 36.4 Å². The summed E-state index contributed by atoms with van der Waals surface area (Å²) in [4.78, 5) is 26.1. The number of anilines is 1. The second-order valence-electron chi connectivity index (χ2n) is 5.62. The molecule has 0 aliphatic carbocycles. The van der Waals surface area contributed by atoms with Gasteiger partial charge in [-0.3, -0.25) is 9.59 Å². The molecule has 1 N–H and O–H groups in total. The summed E-state index contributed by atoms with van der Waals surface area (Å²) in [6, 6.07) is 15.6. The molecule has 1 unspecified atom stereocenters. The lowest BCUT2D eigenvalue weighted by atomic mass is 10.1. The van der Waals surface area contributed by atoms with E-state index in [0.29, 0.717) is 22.7 Å². The second kappa shape index (κ2) is 7.57. The minimum Gasteiger partial charge on any atom is -0.484 e. The van der Waals surface area contributed by atoms with Crippen LogP contribution in [0.25, 0.3) is 0 Å². The number of nitriles is 1. The highest BCUT2D eigenvalue weighted by Crippen LogP contribution is 2.33. The zero-order valence-corrected chi connectivity index (χ0v) is 14.1. The summed E-state index contributed by atoms with van der Waals surface area (Å²) in [5.74, 6) is 0.366. The number of hydrogen-bond donors (Lipinski definition) is 1. The Kier molecular flexibility index (Phi) is 5.04. The average Bonchev–Trinajstić information content (AvgIpc) is 2.70. The number of carbonyl (C=O) groups excluding carboxylic acids is 2. The quantitative estimate of drug-likeness (QED) is 0.901. The number of likely N-dealkylation sites (N-methyl/N-ethyl adjacent to an activating group) is 1. The summed E-state index contributed by atoms with van der Waals surface area (Å²) >= 11 is 0. The number of carbonyl (C=O) groups is 2. The molecule has 26 heavy (non-hydrogen) atoms. The van der Waals surface area contributed by atoms with Gasteiger partial charge in [0.1, 0.15) is 11.5 Å². The highest BCUT2D eigenvalue weighted by molar-refractivity contribution is 5.98. The van der Waals surface area contributed by atoms with Crippen molar-refractivity contribution in [2.75, 3.05) is 25.1 Å². The zero-order valence-electron chi connectivity index (χ0n) is 14.1. The van der Waals surface area contributed by atoms with E-state index in [4.69, 9.17) is 14.7 Å². The van der Waals surface area contributed by atoms with Crippen molar-refractivity contribution in [2.45, 2.75) is 6.10 Å². The molecule has 3 rings (SSSR count). The van der Waals surface area contributed by atoms with Crippen molar-refractivity contribution < 1.29 is 19.1 Å². The Morgan fingerprint density at radius 3 is 2.69 bits per heavy atom. The van der Waals surface area contributed by atoms with Crippen molar-refractivity contribution in [3.63, 3.8) is 0 Å². The molecule has 1 aliphatic heterocycles. The zero-order chi connectivity index (χ0) is 18.5. The number of ether oxygens (including phenoxy) is 2. The molecule has 132 valence electrons. The smallest absolute Gasteiger partial charge is 0.265 e. The lowest BCUT2D eigenvalue weighted by molar-refractivity contribution is -0.128. The largest absolute Gasteiger partial charge is 0.484 e. The average molecular weight is 351 g/mol. The van der Waals surface area contributed by atoms with Gasteiger partial charge < -0.3 is 19.7 Å². The fraction of sp³-hybridized carbons (Fsp3) is 0.211. The van der Waals surface area contributed by atoms with Crippen molar-refractivity contribution in [1.29, 1.82) is 5.26 Å². The SMILES string of the molecule is CNC(=O)C1CN(C(=O)COc2ccc(C#N)cc2)c2ccccc2O1. The van der Waals surface area contributed by atoms with E-state index in [2.05, 4.69) is 5.32 Å². The molecule has 0 saturated heterocycles. The van der Waals surface area contributed by atoms with Crippen LogP contribution >= 0.6 is 0 Å². The van der Waals surface area contributed by atoms with Crippen LogP contribution < -0.4 is 19.7 Å². The van der Waals surface area contributed by atoms with Crippen LogP contribution in [-0.2, 0) is 9.59 Å². The highest BCUT2D eigenvalue weighted by Gasteiger charge is 2.33.